The third-order valence-corrected chi connectivity index (χ3v) is 4.81. The molecule has 8 heteroatoms. The summed E-state index contributed by atoms with van der Waals surface area (Å²) in [6, 6.07) is 9.75. The number of hydrogen-bond donors (Lipinski definition) is 2. The van der Waals surface area contributed by atoms with Crippen LogP contribution in [0.4, 0.5) is 5.82 Å². The van der Waals surface area contributed by atoms with Gasteiger partial charge in [0, 0.05) is 32.4 Å². The molecule has 2 aromatic rings. The fraction of sp³-hybridized carbons (Fsp3) is 0.250. The van der Waals surface area contributed by atoms with Crippen LogP contribution in [0, 0.1) is 0 Å². The minimum Gasteiger partial charge on any atom is -0.363 e. The van der Waals surface area contributed by atoms with E-state index in [2.05, 4.69) is 15.0 Å². The molecule has 0 unspecified atom stereocenters. The summed E-state index contributed by atoms with van der Waals surface area (Å²) in [6.07, 6.45) is 1.57. The van der Waals surface area contributed by atoms with Crippen LogP contribution in [0.3, 0.4) is 0 Å². The van der Waals surface area contributed by atoms with Gasteiger partial charge < -0.3 is 10.2 Å². The van der Waals surface area contributed by atoms with E-state index in [4.69, 9.17) is 0 Å². The van der Waals surface area contributed by atoms with E-state index in [0.717, 1.165) is 0 Å². The van der Waals surface area contributed by atoms with Gasteiger partial charge in [0.05, 0.1) is 4.90 Å². The van der Waals surface area contributed by atoms with E-state index < -0.39 is 10.0 Å². The van der Waals surface area contributed by atoms with Crippen molar-refractivity contribution in [3.8, 4) is 0 Å². The molecule has 0 spiro atoms. The number of nitrogens with one attached hydrogen (secondary N) is 2. The molecular formula is C16H20N4O3S. The van der Waals surface area contributed by atoms with Crippen LogP contribution in [0.5, 0.6) is 0 Å². The third kappa shape index (κ3) is 4.30. The maximum atomic E-state index is 12.2. The van der Waals surface area contributed by atoms with Crippen LogP contribution >= 0.6 is 0 Å². The van der Waals surface area contributed by atoms with E-state index >= 15 is 0 Å². The zero-order chi connectivity index (χ0) is 17.7. The Morgan fingerprint density at radius 2 is 1.96 bits per heavy atom. The lowest BCUT2D eigenvalue weighted by molar-refractivity contribution is 0.0951. The largest absolute Gasteiger partial charge is 0.363 e. The van der Waals surface area contributed by atoms with Gasteiger partial charge in [-0.15, -0.1) is 0 Å². The van der Waals surface area contributed by atoms with Gasteiger partial charge in [-0.3, -0.25) is 4.79 Å². The molecule has 24 heavy (non-hydrogen) atoms. The highest BCUT2D eigenvalue weighted by Gasteiger charge is 2.12. The van der Waals surface area contributed by atoms with Crippen molar-refractivity contribution < 1.29 is 13.2 Å². The molecule has 0 saturated heterocycles. The molecule has 0 aliphatic heterocycles. The summed E-state index contributed by atoms with van der Waals surface area (Å²) in [5.74, 6) is 0.437. The average Bonchev–Trinajstić information content (AvgIpc) is 2.60. The predicted molar refractivity (Wildman–Crippen MR) is 92.4 cm³/mol. The van der Waals surface area contributed by atoms with Crippen LogP contribution in [0.1, 0.15) is 15.9 Å². The summed E-state index contributed by atoms with van der Waals surface area (Å²) in [5, 5.41) is 2.78. The number of amides is 1. The van der Waals surface area contributed by atoms with Crippen LogP contribution in [0.25, 0.3) is 0 Å². The fourth-order valence-corrected chi connectivity index (χ4v) is 2.83. The first kappa shape index (κ1) is 17.9. The van der Waals surface area contributed by atoms with Gasteiger partial charge in [-0.05, 0) is 36.9 Å². The van der Waals surface area contributed by atoms with Crippen LogP contribution in [-0.2, 0) is 16.6 Å². The fourth-order valence-electron chi connectivity index (χ4n) is 2.03. The Morgan fingerprint density at radius 3 is 2.62 bits per heavy atom. The van der Waals surface area contributed by atoms with E-state index in [1.54, 1.807) is 30.5 Å². The van der Waals surface area contributed by atoms with Crippen molar-refractivity contribution in [3.05, 3.63) is 53.7 Å². The number of benzene rings is 1. The summed E-state index contributed by atoms with van der Waals surface area (Å²) < 4.78 is 25.9. The second-order valence-corrected chi connectivity index (χ2v) is 7.22. The molecule has 0 radical (unpaired) electrons. The molecule has 128 valence electrons. The standard InChI is InChI=1S/C16H20N4O3S/c1-17-24(22,23)14-6-4-5-12(9-14)11-19-16(21)13-7-8-18-15(10-13)20(2)3/h4-10,17H,11H2,1-3H3,(H,19,21). The highest BCUT2D eigenvalue weighted by atomic mass is 32.2. The molecule has 1 heterocycles. The molecule has 0 bridgehead atoms. The Kier molecular flexibility index (Phi) is 5.53. The first-order chi connectivity index (χ1) is 11.3. The second kappa shape index (κ2) is 7.41. The number of hydrogen-bond acceptors (Lipinski definition) is 5. The molecule has 0 saturated carbocycles. The van der Waals surface area contributed by atoms with Crippen molar-refractivity contribution in [1.29, 1.82) is 0 Å². The van der Waals surface area contributed by atoms with Crippen LogP contribution in [0.2, 0.25) is 0 Å². The highest BCUT2D eigenvalue weighted by molar-refractivity contribution is 7.89. The number of anilines is 1. The SMILES string of the molecule is CNS(=O)(=O)c1cccc(CNC(=O)c2ccnc(N(C)C)c2)c1. The Balaban J connectivity index is 2.10. The first-order valence-corrected chi connectivity index (χ1v) is 8.76. The third-order valence-electron chi connectivity index (χ3n) is 3.40. The lowest BCUT2D eigenvalue weighted by Gasteiger charge is -2.12. The Hall–Kier alpha value is -2.45. The molecule has 1 aromatic carbocycles. The number of sulfonamides is 1. The molecule has 1 amide bonds. The van der Waals surface area contributed by atoms with Crippen LogP contribution in [-0.4, -0.2) is 40.5 Å². The smallest absolute Gasteiger partial charge is 0.251 e. The van der Waals surface area contributed by atoms with E-state index in [0.29, 0.717) is 16.9 Å². The number of rotatable bonds is 6. The van der Waals surface area contributed by atoms with Crippen LogP contribution < -0.4 is 14.9 Å². The summed E-state index contributed by atoms with van der Waals surface area (Å²) >= 11 is 0. The number of carbonyl (C=O) groups excluding carboxylic acids is 1. The average molecular weight is 348 g/mol. The number of pyridine rings is 1. The molecule has 0 aliphatic rings. The van der Waals surface area contributed by atoms with Crippen molar-refractivity contribution in [2.45, 2.75) is 11.4 Å². The summed E-state index contributed by atoms with van der Waals surface area (Å²) in [6.45, 7) is 0.228. The second-order valence-electron chi connectivity index (χ2n) is 5.33. The van der Waals surface area contributed by atoms with Gasteiger partial charge in [-0.25, -0.2) is 18.1 Å². The van der Waals surface area contributed by atoms with Gasteiger partial charge in [0.1, 0.15) is 5.82 Å². The normalized spacial score (nSPS) is 11.1. The maximum absolute atomic E-state index is 12.2. The summed E-state index contributed by atoms with van der Waals surface area (Å²) in [4.78, 5) is 18.4. The molecular weight excluding hydrogens is 328 g/mol. The Labute approximate surface area is 141 Å². The van der Waals surface area contributed by atoms with Gasteiger partial charge in [0.15, 0.2) is 0 Å². The van der Waals surface area contributed by atoms with Gasteiger partial charge in [-0.1, -0.05) is 12.1 Å². The minimum atomic E-state index is -3.50. The van der Waals surface area contributed by atoms with Gasteiger partial charge in [0.25, 0.3) is 5.91 Å². The molecule has 0 aliphatic carbocycles. The van der Waals surface area contributed by atoms with E-state index in [1.807, 2.05) is 19.0 Å². The van der Waals surface area contributed by atoms with Crippen molar-refractivity contribution in [2.24, 2.45) is 0 Å². The lowest BCUT2D eigenvalue weighted by Crippen LogP contribution is -2.24. The van der Waals surface area contributed by atoms with Gasteiger partial charge >= 0.3 is 0 Å². The zero-order valence-corrected chi connectivity index (χ0v) is 14.6. The minimum absolute atomic E-state index is 0.163. The summed E-state index contributed by atoms with van der Waals surface area (Å²) in [5.41, 5.74) is 1.19. The molecule has 1 aromatic heterocycles. The van der Waals surface area contributed by atoms with Crippen molar-refractivity contribution in [1.82, 2.24) is 15.0 Å². The maximum Gasteiger partial charge on any atom is 0.251 e. The molecule has 2 N–H and O–H groups in total. The van der Waals surface area contributed by atoms with Gasteiger partial charge in [-0.2, -0.15) is 0 Å². The molecule has 0 atom stereocenters. The number of carbonyl (C=O) groups is 1. The summed E-state index contributed by atoms with van der Waals surface area (Å²) in [7, 11) is 1.54. The topological polar surface area (TPSA) is 91.4 Å². The quantitative estimate of drug-likeness (QED) is 0.812. The van der Waals surface area contributed by atoms with Crippen LogP contribution in [0.15, 0.2) is 47.5 Å². The van der Waals surface area contributed by atoms with Crippen molar-refractivity contribution in [3.63, 3.8) is 0 Å². The molecule has 7 nitrogen and oxygen atoms in total. The van der Waals surface area contributed by atoms with E-state index in [9.17, 15) is 13.2 Å². The predicted octanol–water partition coefficient (Wildman–Crippen LogP) is 0.986. The van der Waals surface area contributed by atoms with Crippen molar-refractivity contribution >= 4 is 21.7 Å². The number of nitrogens with zero attached hydrogens (tertiary/aromatic N) is 2. The Bertz CT molecular complexity index is 835. The van der Waals surface area contributed by atoms with E-state index in [1.165, 1.54) is 19.2 Å². The molecule has 0 fully saturated rings. The monoisotopic (exact) mass is 348 g/mol. The highest BCUT2D eigenvalue weighted by Crippen LogP contribution is 2.12. The van der Waals surface area contributed by atoms with E-state index in [-0.39, 0.29) is 17.3 Å². The lowest BCUT2D eigenvalue weighted by atomic mass is 10.2. The zero-order valence-electron chi connectivity index (χ0n) is 13.8. The van der Waals surface area contributed by atoms with Gasteiger partial charge in [0.2, 0.25) is 10.0 Å². The van der Waals surface area contributed by atoms with Crippen molar-refractivity contribution in [2.75, 3.05) is 26.0 Å². The Morgan fingerprint density at radius 1 is 1.21 bits per heavy atom. The first-order valence-electron chi connectivity index (χ1n) is 7.27. The molecule has 2 rings (SSSR count). The number of aromatic nitrogens is 1.